The molecule has 0 unspecified atom stereocenters. The Labute approximate surface area is 124 Å². The summed E-state index contributed by atoms with van der Waals surface area (Å²) in [5, 5.41) is 12.7. The van der Waals surface area contributed by atoms with Gasteiger partial charge < -0.3 is 9.94 Å². The summed E-state index contributed by atoms with van der Waals surface area (Å²) in [4.78, 5) is 0. The standard InChI is InChI=1S/C18H17NO2/c20-19-16-12-7-13-21-18(16)17(14-8-3-1-4-9-14)15-10-5-2-6-11-15/h1-6,8-11,20H,7,12-13H2/b19-16+. The van der Waals surface area contributed by atoms with E-state index >= 15 is 0 Å². The van der Waals surface area contributed by atoms with Gasteiger partial charge in [0.2, 0.25) is 0 Å². The normalized spacial score (nSPS) is 16.6. The minimum atomic E-state index is 0.615. The lowest BCUT2D eigenvalue weighted by atomic mass is 9.93. The maximum atomic E-state index is 9.28. The molecule has 3 rings (SSSR count). The zero-order valence-corrected chi connectivity index (χ0v) is 11.7. The molecular formula is C18H17NO2. The number of nitrogens with zero attached hydrogens (tertiary/aromatic N) is 1. The van der Waals surface area contributed by atoms with Crippen molar-refractivity contribution in [1.82, 2.24) is 0 Å². The Hall–Kier alpha value is -2.55. The molecule has 1 saturated heterocycles. The second kappa shape index (κ2) is 6.27. The Balaban J connectivity index is 2.21. The van der Waals surface area contributed by atoms with Crippen molar-refractivity contribution in [1.29, 1.82) is 0 Å². The van der Waals surface area contributed by atoms with Crippen LogP contribution in [0.3, 0.4) is 0 Å². The monoisotopic (exact) mass is 279 g/mol. The molecule has 2 aromatic carbocycles. The number of hydrogen-bond acceptors (Lipinski definition) is 3. The summed E-state index contributed by atoms with van der Waals surface area (Å²) in [5.74, 6) is 0.682. The predicted octanol–water partition coefficient (Wildman–Crippen LogP) is 4.09. The smallest absolute Gasteiger partial charge is 0.152 e. The van der Waals surface area contributed by atoms with E-state index in [0.29, 0.717) is 18.1 Å². The summed E-state index contributed by atoms with van der Waals surface area (Å²) < 4.78 is 5.84. The van der Waals surface area contributed by atoms with Crippen molar-refractivity contribution in [2.75, 3.05) is 6.61 Å². The zero-order chi connectivity index (χ0) is 14.5. The number of ether oxygens (including phenoxy) is 1. The summed E-state index contributed by atoms with van der Waals surface area (Å²) in [6.45, 7) is 0.650. The summed E-state index contributed by atoms with van der Waals surface area (Å²) in [5.41, 5.74) is 3.70. The van der Waals surface area contributed by atoms with Crippen molar-refractivity contribution in [3.8, 4) is 0 Å². The molecule has 3 heteroatoms. The lowest BCUT2D eigenvalue weighted by Crippen LogP contribution is -2.17. The van der Waals surface area contributed by atoms with Gasteiger partial charge in [-0.15, -0.1) is 0 Å². The summed E-state index contributed by atoms with van der Waals surface area (Å²) >= 11 is 0. The van der Waals surface area contributed by atoms with E-state index < -0.39 is 0 Å². The van der Waals surface area contributed by atoms with Crippen LogP contribution in [0.25, 0.3) is 5.57 Å². The maximum absolute atomic E-state index is 9.28. The molecule has 2 aromatic rings. The Kier molecular flexibility index (Phi) is 4.01. The first-order valence-electron chi connectivity index (χ1n) is 7.09. The van der Waals surface area contributed by atoms with Gasteiger partial charge >= 0.3 is 0 Å². The lowest BCUT2D eigenvalue weighted by Gasteiger charge is -2.22. The fourth-order valence-corrected chi connectivity index (χ4v) is 2.56. The topological polar surface area (TPSA) is 41.8 Å². The van der Waals surface area contributed by atoms with Gasteiger partial charge in [-0.2, -0.15) is 0 Å². The molecule has 1 aliphatic rings. The van der Waals surface area contributed by atoms with Crippen LogP contribution >= 0.6 is 0 Å². The summed E-state index contributed by atoms with van der Waals surface area (Å²) in [6, 6.07) is 20.1. The van der Waals surface area contributed by atoms with Crippen LogP contribution < -0.4 is 0 Å². The highest BCUT2D eigenvalue weighted by molar-refractivity contribution is 6.07. The summed E-state index contributed by atoms with van der Waals surface area (Å²) in [7, 11) is 0. The molecular weight excluding hydrogens is 262 g/mol. The van der Waals surface area contributed by atoms with Crippen LogP contribution in [-0.4, -0.2) is 17.5 Å². The van der Waals surface area contributed by atoms with Crippen LogP contribution in [0.5, 0.6) is 0 Å². The maximum Gasteiger partial charge on any atom is 0.152 e. The Bertz CT molecular complexity index is 619. The zero-order valence-electron chi connectivity index (χ0n) is 11.7. The number of oxime groups is 1. The van der Waals surface area contributed by atoms with E-state index in [1.165, 1.54) is 0 Å². The molecule has 0 radical (unpaired) electrons. The molecule has 1 aliphatic heterocycles. The van der Waals surface area contributed by atoms with Gasteiger partial charge in [-0.1, -0.05) is 65.8 Å². The van der Waals surface area contributed by atoms with Gasteiger partial charge in [-0.25, -0.2) is 0 Å². The summed E-state index contributed by atoms with van der Waals surface area (Å²) in [6.07, 6.45) is 1.61. The first-order chi connectivity index (χ1) is 10.4. The third-order valence-corrected chi connectivity index (χ3v) is 3.54. The van der Waals surface area contributed by atoms with Crippen LogP contribution in [0, 0.1) is 0 Å². The van der Waals surface area contributed by atoms with Gasteiger partial charge in [-0.05, 0) is 24.0 Å². The van der Waals surface area contributed by atoms with Crippen LogP contribution in [0.1, 0.15) is 24.0 Å². The lowest BCUT2D eigenvalue weighted by molar-refractivity contribution is 0.209. The van der Waals surface area contributed by atoms with Crippen molar-refractivity contribution in [3.63, 3.8) is 0 Å². The largest absolute Gasteiger partial charge is 0.491 e. The molecule has 3 nitrogen and oxygen atoms in total. The second-order valence-corrected chi connectivity index (χ2v) is 4.93. The molecule has 106 valence electrons. The minimum absolute atomic E-state index is 0.615. The van der Waals surface area contributed by atoms with Crippen LogP contribution in [0.15, 0.2) is 71.6 Å². The highest BCUT2D eigenvalue weighted by atomic mass is 16.5. The average molecular weight is 279 g/mol. The van der Waals surface area contributed by atoms with Crippen LogP contribution in [0.2, 0.25) is 0 Å². The third kappa shape index (κ3) is 2.82. The minimum Gasteiger partial charge on any atom is -0.491 e. The van der Waals surface area contributed by atoms with Gasteiger partial charge in [0.25, 0.3) is 0 Å². The van der Waals surface area contributed by atoms with E-state index in [1.54, 1.807) is 0 Å². The average Bonchev–Trinajstić information content (AvgIpc) is 2.58. The third-order valence-electron chi connectivity index (χ3n) is 3.54. The number of rotatable bonds is 2. The van der Waals surface area contributed by atoms with Gasteiger partial charge in [0.15, 0.2) is 5.76 Å². The highest BCUT2D eigenvalue weighted by Crippen LogP contribution is 2.30. The first-order valence-corrected chi connectivity index (χ1v) is 7.09. The molecule has 0 atom stereocenters. The fourth-order valence-electron chi connectivity index (χ4n) is 2.56. The molecule has 0 bridgehead atoms. The second-order valence-electron chi connectivity index (χ2n) is 4.93. The highest BCUT2D eigenvalue weighted by Gasteiger charge is 2.22. The van der Waals surface area contributed by atoms with E-state index in [2.05, 4.69) is 5.16 Å². The van der Waals surface area contributed by atoms with Gasteiger partial charge in [0, 0.05) is 5.57 Å². The van der Waals surface area contributed by atoms with Crippen molar-refractivity contribution < 1.29 is 9.94 Å². The number of allylic oxidation sites excluding steroid dienone is 1. The van der Waals surface area contributed by atoms with E-state index in [-0.39, 0.29) is 0 Å². The fraction of sp³-hybridized carbons (Fsp3) is 0.167. The van der Waals surface area contributed by atoms with Gasteiger partial charge in [0.1, 0.15) is 5.71 Å². The number of hydrogen-bond donors (Lipinski definition) is 1. The quantitative estimate of drug-likeness (QED) is 0.664. The molecule has 0 saturated carbocycles. The Morgan fingerprint density at radius 3 is 2.00 bits per heavy atom. The molecule has 1 fully saturated rings. The molecule has 0 aliphatic carbocycles. The van der Waals surface area contributed by atoms with Crippen LogP contribution in [-0.2, 0) is 4.74 Å². The van der Waals surface area contributed by atoms with E-state index in [9.17, 15) is 5.21 Å². The van der Waals surface area contributed by atoms with E-state index in [4.69, 9.17) is 4.74 Å². The van der Waals surface area contributed by atoms with Crippen molar-refractivity contribution in [3.05, 3.63) is 77.5 Å². The molecule has 0 amide bonds. The Morgan fingerprint density at radius 2 is 1.48 bits per heavy atom. The van der Waals surface area contributed by atoms with Crippen molar-refractivity contribution >= 4 is 11.3 Å². The van der Waals surface area contributed by atoms with Crippen molar-refractivity contribution in [2.45, 2.75) is 12.8 Å². The van der Waals surface area contributed by atoms with E-state index in [0.717, 1.165) is 29.5 Å². The molecule has 1 N–H and O–H groups in total. The Morgan fingerprint density at radius 1 is 0.905 bits per heavy atom. The molecule has 21 heavy (non-hydrogen) atoms. The van der Waals surface area contributed by atoms with E-state index in [1.807, 2.05) is 60.7 Å². The SMILES string of the molecule is O/N=C1\CCCOC1=C(c1ccccc1)c1ccccc1. The molecule has 0 aromatic heterocycles. The van der Waals surface area contributed by atoms with Gasteiger partial charge in [0.05, 0.1) is 6.61 Å². The first kappa shape index (κ1) is 13.4. The van der Waals surface area contributed by atoms with Gasteiger partial charge in [-0.3, -0.25) is 0 Å². The molecule has 1 heterocycles. The molecule has 0 spiro atoms. The predicted molar refractivity (Wildman–Crippen MR) is 83.3 cm³/mol. The van der Waals surface area contributed by atoms with Crippen molar-refractivity contribution in [2.24, 2.45) is 5.16 Å². The number of benzene rings is 2. The van der Waals surface area contributed by atoms with Crippen LogP contribution in [0.4, 0.5) is 0 Å².